The number of hydrogen-bond donors (Lipinski definition) is 4. The van der Waals surface area contributed by atoms with E-state index in [2.05, 4.69) is 15.6 Å². The lowest BCUT2D eigenvalue weighted by Gasteiger charge is -2.31. The quantitative estimate of drug-likeness (QED) is 0.337. The Hall–Kier alpha value is -4.72. The number of likely N-dealkylation sites (N-methyl/N-ethyl adjacent to an activating group) is 1. The van der Waals surface area contributed by atoms with Crippen LogP contribution in [0.3, 0.4) is 0 Å². The molecule has 13 nitrogen and oxygen atoms in total. The number of nitrogens with zero attached hydrogens (tertiary/aromatic N) is 4. The number of ether oxygens (including phenoxy) is 1. The average molecular weight is 725 g/mol. The average Bonchev–Trinajstić information content (AvgIpc) is 3.59. The minimum Gasteiger partial charge on any atom is -0.483 e. The first-order valence-electron chi connectivity index (χ1n) is 18.3. The Bertz CT molecular complexity index is 1490. The van der Waals surface area contributed by atoms with Gasteiger partial charge < -0.3 is 35.9 Å². The van der Waals surface area contributed by atoms with Gasteiger partial charge in [-0.2, -0.15) is 0 Å². The van der Waals surface area contributed by atoms with Gasteiger partial charge in [-0.3, -0.25) is 24.2 Å². The minimum atomic E-state index is -0.968. The molecule has 1 aromatic heterocycles. The fourth-order valence-corrected chi connectivity index (χ4v) is 6.13. The largest absolute Gasteiger partial charge is 0.483 e. The number of benzene rings is 1. The molecule has 0 spiro atoms. The van der Waals surface area contributed by atoms with Crippen molar-refractivity contribution in [3.05, 3.63) is 71.6 Å². The maximum absolute atomic E-state index is 14.9. The molecule has 0 saturated carbocycles. The Balaban J connectivity index is 0.000000927. The summed E-state index contributed by atoms with van der Waals surface area (Å²) in [5.74, 6) is 3.37. The van der Waals surface area contributed by atoms with E-state index in [-0.39, 0.29) is 47.9 Å². The summed E-state index contributed by atoms with van der Waals surface area (Å²) in [4.78, 5) is 60.0. The van der Waals surface area contributed by atoms with E-state index in [9.17, 15) is 23.6 Å². The van der Waals surface area contributed by atoms with Gasteiger partial charge in [0.1, 0.15) is 18.7 Å². The lowest BCUT2D eigenvalue weighted by atomic mass is 10.0. The molecule has 1 aromatic carbocycles. The summed E-state index contributed by atoms with van der Waals surface area (Å²) in [5.41, 5.74) is 7.47. The van der Waals surface area contributed by atoms with Crippen LogP contribution in [0.25, 0.3) is 0 Å². The molecule has 6 N–H and O–H groups in total. The summed E-state index contributed by atoms with van der Waals surface area (Å²) in [7, 11) is 1.56. The molecule has 2 aliphatic rings. The van der Waals surface area contributed by atoms with Crippen LogP contribution in [0.1, 0.15) is 87.6 Å². The molecular weight excluding hydrogens is 667 g/mol. The van der Waals surface area contributed by atoms with Crippen molar-refractivity contribution >= 4 is 23.6 Å². The van der Waals surface area contributed by atoms with Gasteiger partial charge in [0.15, 0.2) is 11.6 Å². The van der Waals surface area contributed by atoms with Crippen molar-refractivity contribution in [2.24, 2.45) is 17.5 Å². The second kappa shape index (κ2) is 21.6. The van der Waals surface area contributed by atoms with E-state index in [0.29, 0.717) is 38.9 Å². The van der Waals surface area contributed by atoms with Gasteiger partial charge in [-0.25, -0.2) is 10.2 Å². The fourth-order valence-electron chi connectivity index (χ4n) is 6.13. The summed E-state index contributed by atoms with van der Waals surface area (Å²) in [6.07, 6.45) is 12.2. The monoisotopic (exact) mass is 724 g/mol. The van der Waals surface area contributed by atoms with Crippen molar-refractivity contribution < 1.29 is 28.3 Å². The van der Waals surface area contributed by atoms with Crippen LogP contribution >= 0.6 is 0 Å². The van der Waals surface area contributed by atoms with Crippen molar-refractivity contribution in [3.8, 4) is 5.75 Å². The van der Waals surface area contributed by atoms with Crippen molar-refractivity contribution in [1.82, 2.24) is 30.4 Å². The fraction of sp³-hybridized carbons (Fsp3) is 0.553. The molecule has 52 heavy (non-hydrogen) atoms. The SMILES string of the molecule is CC(C)CC1NC(=O)c2cccc(F)c2OC/C(N)=C/N(N)CCCCCCCCNC(=O)CN(C)C(=O)C2CCCN2C1=O.Cc1cccnc1. The number of fused-ring (bicyclic) bond motifs is 2. The molecule has 4 rings (SSSR count). The number of aromatic nitrogens is 1. The number of hydrazine groups is 1. The molecule has 2 atom stereocenters. The molecule has 286 valence electrons. The first kappa shape index (κ1) is 41.7. The van der Waals surface area contributed by atoms with Crippen LogP contribution in [0.15, 0.2) is 54.6 Å². The van der Waals surface area contributed by atoms with Crippen LogP contribution in [0, 0.1) is 18.7 Å². The summed E-state index contributed by atoms with van der Waals surface area (Å²) >= 11 is 0. The third kappa shape index (κ3) is 13.8. The number of carbonyl (C=O) groups excluding carboxylic acids is 4. The molecule has 2 aliphatic heterocycles. The Labute approximate surface area is 307 Å². The summed E-state index contributed by atoms with van der Waals surface area (Å²) in [5, 5.41) is 7.11. The predicted octanol–water partition coefficient (Wildman–Crippen LogP) is 3.63. The second-order valence-electron chi connectivity index (χ2n) is 13.9. The molecule has 14 heteroatoms. The zero-order valence-corrected chi connectivity index (χ0v) is 31.1. The van der Waals surface area contributed by atoms with Crippen molar-refractivity contribution in [2.75, 3.05) is 39.8 Å². The summed E-state index contributed by atoms with van der Waals surface area (Å²) < 4.78 is 20.6. The smallest absolute Gasteiger partial charge is 0.255 e. The van der Waals surface area contributed by atoms with Gasteiger partial charge in [-0.05, 0) is 68.7 Å². The molecule has 1 fully saturated rings. The molecule has 0 bridgehead atoms. The molecular formula is C38H57FN8O5. The zero-order valence-electron chi connectivity index (χ0n) is 31.1. The number of nitrogens with one attached hydrogen (secondary N) is 2. The van der Waals surface area contributed by atoms with Crippen molar-refractivity contribution in [3.63, 3.8) is 0 Å². The molecule has 0 aliphatic carbocycles. The van der Waals surface area contributed by atoms with E-state index in [1.807, 2.05) is 39.1 Å². The maximum Gasteiger partial charge on any atom is 0.255 e. The van der Waals surface area contributed by atoms with Gasteiger partial charge in [0.2, 0.25) is 17.7 Å². The number of amides is 4. The van der Waals surface area contributed by atoms with Gasteiger partial charge in [0, 0.05) is 45.3 Å². The molecule has 0 radical (unpaired) electrons. The molecule has 3 heterocycles. The van der Waals surface area contributed by atoms with E-state index >= 15 is 0 Å². The lowest BCUT2D eigenvalue weighted by Crippen LogP contribution is -2.54. The maximum atomic E-state index is 14.9. The van der Waals surface area contributed by atoms with E-state index in [1.165, 1.54) is 44.8 Å². The third-order valence-electron chi connectivity index (χ3n) is 8.79. The molecule has 2 unspecified atom stereocenters. The highest BCUT2D eigenvalue weighted by atomic mass is 19.1. The highest BCUT2D eigenvalue weighted by molar-refractivity contribution is 6.00. The number of para-hydroxylation sites is 1. The van der Waals surface area contributed by atoms with Crippen LogP contribution in [-0.4, -0.2) is 95.3 Å². The van der Waals surface area contributed by atoms with E-state index in [0.717, 1.165) is 38.5 Å². The lowest BCUT2D eigenvalue weighted by molar-refractivity contribution is -0.145. The Morgan fingerprint density at radius 1 is 0.981 bits per heavy atom. The number of hydrogen-bond acceptors (Lipinski definition) is 9. The molecule has 2 aromatic rings. The van der Waals surface area contributed by atoms with Crippen LogP contribution in [0.2, 0.25) is 0 Å². The summed E-state index contributed by atoms with van der Waals surface area (Å²) in [6, 6.07) is 6.21. The normalized spacial score (nSPS) is 21.8. The third-order valence-corrected chi connectivity index (χ3v) is 8.79. The second-order valence-corrected chi connectivity index (χ2v) is 13.9. The Morgan fingerprint density at radius 3 is 2.38 bits per heavy atom. The highest BCUT2D eigenvalue weighted by Crippen LogP contribution is 2.25. The topological polar surface area (TPSA) is 176 Å². The van der Waals surface area contributed by atoms with Crippen LogP contribution in [0.4, 0.5) is 4.39 Å². The predicted molar refractivity (Wildman–Crippen MR) is 198 cm³/mol. The van der Waals surface area contributed by atoms with Crippen LogP contribution in [0.5, 0.6) is 5.75 Å². The van der Waals surface area contributed by atoms with Gasteiger partial charge in [0.05, 0.1) is 17.8 Å². The first-order valence-corrected chi connectivity index (χ1v) is 18.3. The number of carbonyl (C=O) groups is 4. The van der Waals surface area contributed by atoms with Crippen LogP contribution < -0.4 is 26.9 Å². The Morgan fingerprint density at radius 2 is 1.71 bits per heavy atom. The van der Waals surface area contributed by atoms with Gasteiger partial charge in [-0.15, -0.1) is 0 Å². The standard InChI is InChI=1S/C32H50FN7O5.C6H7N/c1-22(2)18-26-31(43)40-17-11-14-27(40)32(44)38(3)20-28(41)36-15-8-6-4-5-7-9-16-39(35)19-23(34)21-45-29-24(30(42)37-26)12-10-13-25(29)33;1-6-3-2-4-7-5-6/h10,12-13,19,22,26-27H,4-9,11,14-18,20-21,34-35H2,1-3H3,(H,36,41)(H,37,42);2-5H,1H3/b23-19-;. The van der Waals surface area contributed by atoms with E-state index in [4.69, 9.17) is 16.3 Å². The summed E-state index contributed by atoms with van der Waals surface area (Å²) in [6.45, 7) is 6.98. The van der Waals surface area contributed by atoms with Gasteiger partial charge in [-0.1, -0.05) is 51.7 Å². The van der Waals surface area contributed by atoms with Crippen molar-refractivity contribution in [2.45, 2.75) is 90.6 Å². The van der Waals surface area contributed by atoms with E-state index in [1.54, 1.807) is 13.2 Å². The first-order chi connectivity index (χ1) is 24.9. The number of rotatable bonds is 2. The molecule has 1 saturated heterocycles. The zero-order chi connectivity index (χ0) is 38.0. The highest BCUT2D eigenvalue weighted by Gasteiger charge is 2.39. The number of halogens is 1. The Kier molecular flexibility index (Phi) is 17.3. The van der Waals surface area contributed by atoms with E-state index < -0.39 is 29.7 Å². The number of aryl methyl sites for hydroxylation is 1. The van der Waals surface area contributed by atoms with Crippen molar-refractivity contribution in [1.29, 1.82) is 0 Å². The van der Waals surface area contributed by atoms with Gasteiger partial charge in [0.25, 0.3) is 5.91 Å². The minimum absolute atomic E-state index is 0.0232. The molecule has 4 amide bonds. The van der Waals surface area contributed by atoms with Crippen LogP contribution in [-0.2, 0) is 14.4 Å². The number of pyridine rings is 1. The van der Waals surface area contributed by atoms with Gasteiger partial charge >= 0.3 is 0 Å². The number of nitrogens with two attached hydrogens (primary N) is 2.